The number of nitrogens with two attached hydrogens (primary N) is 1. The lowest BCUT2D eigenvalue weighted by Crippen LogP contribution is -2.41. The van der Waals surface area contributed by atoms with Crippen molar-refractivity contribution < 1.29 is 0 Å². The smallest absolute Gasteiger partial charge is 0.0218 e. The van der Waals surface area contributed by atoms with Gasteiger partial charge in [0.05, 0.1) is 0 Å². The van der Waals surface area contributed by atoms with Crippen molar-refractivity contribution in [2.75, 3.05) is 13.1 Å². The van der Waals surface area contributed by atoms with Crippen LogP contribution >= 0.6 is 0 Å². The summed E-state index contributed by atoms with van der Waals surface area (Å²) in [5.74, 6) is 0.829. The monoisotopic (exact) mass is 182 g/mol. The normalized spacial score (nSPS) is 20.4. The van der Waals surface area contributed by atoms with Crippen molar-refractivity contribution in [3.63, 3.8) is 0 Å². The fourth-order valence-corrected chi connectivity index (χ4v) is 2.17. The molecule has 0 aliphatic heterocycles. The summed E-state index contributed by atoms with van der Waals surface area (Å²) in [5.41, 5.74) is 5.75. The van der Waals surface area contributed by atoms with Gasteiger partial charge in [-0.05, 0) is 31.7 Å². The maximum atomic E-state index is 5.75. The van der Waals surface area contributed by atoms with Gasteiger partial charge in [-0.3, -0.25) is 0 Å². The summed E-state index contributed by atoms with van der Waals surface area (Å²) in [6.07, 6.45) is 8.51. The first-order chi connectivity index (χ1) is 6.38. The lowest BCUT2D eigenvalue weighted by Gasteiger charge is -2.22. The average Bonchev–Trinajstić information content (AvgIpc) is 2.65. The number of hydrogen-bond acceptors (Lipinski definition) is 2. The molecule has 0 heterocycles. The van der Waals surface area contributed by atoms with E-state index >= 15 is 0 Å². The van der Waals surface area contributed by atoms with Gasteiger partial charge in [-0.25, -0.2) is 0 Å². The molecule has 1 saturated carbocycles. The van der Waals surface area contributed by atoms with Crippen molar-refractivity contribution in [3.05, 3.63) is 12.7 Å². The van der Waals surface area contributed by atoms with Crippen LogP contribution < -0.4 is 11.1 Å². The third-order valence-corrected chi connectivity index (χ3v) is 2.98. The van der Waals surface area contributed by atoms with Gasteiger partial charge in [0.15, 0.2) is 0 Å². The summed E-state index contributed by atoms with van der Waals surface area (Å²) < 4.78 is 0. The Bertz CT molecular complexity index is 139. The molecule has 0 saturated heterocycles. The molecule has 0 bridgehead atoms. The van der Waals surface area contributed by atoms with Crippen LogP contribution in [0.2, 0.25) is 0 Å². The predicted molar refractivity (Wildman–Crippen MR) is 57.6 cm³/mol. The van der Waals surface area contributed by atoms with E-state index < -0.39 is 0 Å². The van der Waals surface area contributed by atoms with E-state index in [0.29, 0.717) is 6.04 Å². The fourth-order valence-electron chi connectivity index (χ4n) is 2.17. The largest absolute Gasteiger partial charge is 0.329 e. The van der Waals surface area contributed by atoms with E-state index in [-0.39, 0.29) is 0 Å². The summed E-state index contributed by atoms with van der Waals surface area (Å²) in [4.78, 5) is 0. The molecular weight excluding hydrogens is 160 g/mol. The Morgan fingerprint density at radius 3 is 2.69 bits per heavy atom. The molecule has 2 nitrogen and oxygen atoms in total. The summed E-state index contributed by atoms with van der Waals surface area (Å²) in [7, 11) is 0. The highest BCUT2D eigenvalue weighted by atomic mass is 14.9. The topological polar surface area (TPSA) is 38.0 Å². The molecule has 0 amide bonds. The Kier molecular flexibility index (Phi) is 5.09. The van der Waals surface area contributed by atoms with E-state index in [9.17, 15) is 0 Å². The highest BCUT2D eigenvalue weighted by Crippen LogP contribution is 2.27. The Morgan fingerprint density at radius 1 is 1.46 bits per heavy atom. The summed E-state index contributed by atoms with van der Waals surface area (Å²) >= 11 is 0. The molecule has 1 aliphatic carbocycles. The van der Waals surface area contributed by atoms with Gasteiger partial charge in [-0.15, -0.1) is 6.58 Å². The summed E-state index contributed by atoms with van der Waals surface area (Å²) in [6, 6.07) is 0.544. The zero-order valence-electron chi connectivity index (χ0n) is 8.47. The minimum Gasteiger partial charge on any atom is -0.329 e. The first-order valence-corrected chi connectivity index (χ1v) is 5.43. The van der Waals surface area contributed by atoms with Crippen LogP contribution in [-0.2, 0) is 0 Å². The third-order valence-electron chi connectivity index (χ3n) is 2.98. The average molecular weight is 182 g/mol. The number of rotatable bonds is 6. The zero-order chi connectivity index (χ0) is 9.52. The third kappa shape index (κ3) is 3.49. The second-order valence-corrected chi connectivity index (χ2v) is 3.92. The van der Waals surface area contributed by atoms with Gasteiger partial charge in [-0.1, -0.05) is 18.9 Å². The van der Waals surface area contributed by atoms with Crippen molar-refractivity contribution in [2.24, 2.45) is 11.7 Å². The second-order valence-electron chi connectivity index (χ2n) is 3.92. The molecule has 76 valence electrons. The molecule has 1 aliphatic rings. The predicted octanol–water partition coefficient (Wildman–Crippen LogP) is 1.67. The first-order valence-electron chi connectivity index (χ1n) is 5.43. The van der Waals surface area contributed by atoms with E-state index in [1.807, 2.05) is 6.08 Å². The maximum Gasteiger partial charge on any atom is 0.0218 e. The van der Waals surface area contributed by atoms with Gasteiger partial charge < -0.3 is 11.1 Å². The van der Waals surface area contributed by atoms with Crippen LogP contribution in [-0.4, -0.2) is 19.1 Å². The molecule has 1 fully saturated rings. The van der Waals surface area contributed by atoms with Crippen LogP contribution in [0.15, 0.2) is 12.7 Å². The molecule has 2 heteroatoms. The minimum atomic E-state index is 0.544. The van der Waals surface area contributed by atoms with Crippen molar-refractivity contribution in [1.29, 1.82) is 0 Å². The maximum absolute atomic E-state index is 5.75. The summed E-state index contributed by atoms with van der Waals surface area (Å²) in [5, 5.41) is 3.52. The summed E-state index contributed by atoms with van der Waals surface area (Å²) in [6.45, 7) is 5.52. The van der Waals surface area contributed by atoms with E-state index in [4.69, 9.17) is 5.73 Å². The molecule has 1 atom stereocenters. The Labute approximate surface area is 81.6 Å². The van der Waals surface area contributed by atoms with Crippen LogP contribution in [0.25, 0.3) is 0 Å². The van der Waals surface area contributed by atoms with Gasteiger partial charge in [0.1, 0.15) is 0 Å². The number of hydrogen-bond donors (Lipinski definition) is 2. The highest BCUT2D eigenvalue weighted by molar-refractivity contribution is 4.82. The molecule has 1 rings (SSSR count). The van der Waals surface area contributed by atoms with Crippen LogP contribution in [0, 0.1) is 5.92 Å². The van der Waals surface area contributed by atoms with Gasteiger partial charge in [-0.2, -0.15) is 0 Å². The Morgan fingerprint density at radius 2 is 2.15 bits per heavy atom. The van der Waals surface area contributed by atoms with Crippen LogP contribution in [0.4, 0.5) is 0 Å². The molecule has 0 radical (unpaired) electrons. The Balaban J connectivity index is 2.20. The highest BCUT2D eigenvalue weighted by Gasteiger charge is 2.22. The van der Waals surface area contributed by atoms with E-state index in [2.05, 4.69) is 11.9 Å². The molecule has 13 heavy (non-hydrogen) atoms. The minimum absolute atomic E-state index is 0.544. The van der Waals surface area contributed by atoms with Gasteiger partial charge >= 0.3 is 0 Å². The fraction of sp³-hybridized carbons (Fsp3) is 0.818. The Hall–Kier alpha value is -0.340. The lowest BCUT2D eigenvalue weighted by atomic mass is 9.98. The standard InChI is InChI=1S/C11H22N2/c1-2-3-8-13-11(9-12)10-6-4-5-7-10/h2,10-11,13H,1,3-9,12H2. The molecule has 3 N–H and O–H groups in total. The van der Waals surface area contributed by atoms with Gasteiger partial charge in [0, 0.05) is 12.6 Å². The van der Waals surface area contributed by atoms with Crippen molar-refractivity contribution in [1.82, 2.24) is 5.32 Å². The van der Waals surface area contributed by atoms with Crippen molar-refractivity contribution in [2.45, 2.75) is 38.1 Å². The van der Waals surface area contributed by atoms with E-state index in [1.54, 1.807) is 0 Å². The molecule has 0 aromatic rings. The van der Waals surface area contributed by atoms with Crippen molar-refractivity contribution >= 4 is 0 Å². The second kappa shape index (κ2) is 6.17. The van der Waals surface area contributed by atoms with Gasteiger partial charge in [0.2, 0.25) is 0 Å². The SMILES string of the molecule is C=CCCNC(CN)C1CCCC1. The van der Waals surface area contributed by atoms with Crippen molar-refractivity contribution in [3.8, 4) is 0 Å². The zero-order valence-corrected chi connectivity index (χ0v) is 8.47. The van der Waals surface area contributed by atoms with Crippen LogP contribution in [0.5, 0.6) is 0 Å². The molecule has 0 aromatic carbocycles. The quantitative estimate of drug-likeness (QED) is 0.484. The number of nitrogens with one attached hydrogen (secondary N) is 1. The molecule has 1 unspecified atom stereocenters. The molecule has 0 spiro atoms. The molecular formula is C11H22N2. The van der Waals surface area contributed by atoms with E-state index in [1.165, 1.54) is 25.7 Å². The molecule has 0 aromatic heterocycles. The lowest BCUT2D eigenvalue weighted by molar-refractivity contribution is 0.367. The van der Waals surface area contributed by atoms with Crippen LogP contribution in [0.3, 0.4) is 0 Å². The van der Waals surface area contributed by atoms with Gasteiger partial charge in [0.25, 0.3) is 0 Å². The first kappa shape index (κ1) is 10.7. The van der Waals surface area contributed by atoms with E-state index in [0.717, 1.165) is 25.4 Å². The van der Waals surface area contributed by atoms with Crippen LogP contribution in [0.1, 0.15) is 32.1 Å².